The monoisotopic (exact) mass is 344 g/mol. The van der Waals surface area contributed by atoms with Gasteiger partial charge in [0.2, 0.25) is 5.95 Å². The van der Waals surface area contributed by atoms with Crippen LogP contribution in [-0.2, 0) is 0 Å². The van der Waals surface area contributed by atoms with Gasteiger partial charge in [-0.05, 0) is 40.6 Å². The Kier molecular flexibility index (Phi) is 7.23. The van der Waals surface area contributed by atoms with Crippen LogP contribution in [0.1, 0.15) is 40.0 Å². The minimum atomic E-state index is 0.115. The molecule has 5 nitrogen and oxygen atoms in total. The molecular weight excluding hydrogens is 320 g/mol. The molecule has 20 heavy (non-hydrogen) atoms. The SMILES string of the molecule is CCCNc1ncc(Br)c(NCC(C)(C)CCCO)n1. The van der Waals surface area contributed by atoms with Gasteiger partial charge >= 0.3 is 0 Å². The normalized spacial score (nSPS) is 11.4. The fraction of sp³-hybridized carbons (Fsp3) is 0.714. The number of nitrogens with one attached hydrogen (secondary N) is 2. The van der Waals surface area contributed by atoms with Crippen molar-refractivity contribution in [3.8, 4) is 0 Å². The Morgan fingerprint density at radius 2 is 2.10 bits per heavy atom. The van der Waals surface area contributed by atoms with Gasteiger partial charge < -0.3 is 15.7 Å². The van der Waals surface area contributed by atoms with Crippen LogP contribution in [0.25, 0.3) is 0 Å². The van der Waals surface area contributed by atoms with E-state index in [1.165, 1.54) is 0 Å². The number of aliphatic hydroxyl groups is 1. The topological polar surface area (TPSA) is 70.1 Å². The molecule has 0 aliphatic rings. The second-order valence-electron chi connectivity index (χ2n) is 5.66. The zero-order valence-corrected chi connectivity index (χ0v) is 14.1. The van der Waals surface area contributed by atoms with Crippen molar-refractivity contribution in [1.29, 1.82) is 0 Å². The van der Waals surface area contributed by atoms with Gasteiger partial charge in [-0.1, -0.05) is 20.8 Å². The van der Waals surface area contributed by atoms with Crippen molar-refractivity contribution >= 4 is 27.7 Å². The zero-order chi connectivity index (χ0) is 15.0. The van der Waals surface area contributed by atoms with Crippen molar-refractivity contribution in [2.45, 2.75) is 40.0 Å². The maximum absolute atomic E-state index is 8.92. The third kappa shape index (κ3) is 6.05. The highest BCUT2D eigenvalue weighted by Gasteiger charge is 2.18. The van der Waals surface area contributed by atoms with E-state index in [-0.39, 0.29) is 12.0 Å². The van der Waals surface area contributed by atoms with Crippen LogP contribution in [0, 0.1) is 5.41 Å². The Labute approximate surface area is 129 Å². The van der Waals surface area contributed by atoms with Crippen LogP contribution in [0.5, 0.6) is 0 Å². The summed E-state index contributed by atoms with van der Waals surface area (Å²) in [6.45, 7) is 8.38. The van der Waals surface area contributed by atoms with Crippen LogP contribution in [0.15, 0.2) is 10.7 Å². The molecule has 1 aromatic heterocycles. The van der Waals surface area contributed by atoms with Gasteiger partial charge in [0.25, 0.3) is 0 Å². The molecular formula is C14H25BrN4O. The summed E-state index contributed by atoms with van der Waals surface area (Å²) in [5.41, 5.74) is 0.115. The van der Waals surface area contributed by atoms with E-state index in [0.29, 0.717) is 5.95 Å². The first kappa shape index (κ1) is 17.2. The standard InChI is InChI=1S/C14H25BrN4O/c1-4-7-16-13-17-9-11(15)12(19-13)18-10-14(2,3)6-5-8-20/h9,20H,4-8,10H2,1-3H3,(H2,16,17,18,19). The number of halogens is 1. The summed E-state index contributed by atoms with van der Waals surface area (Å²) in [6, 6.07) is 0. The molecule has 1 rings (SSSR count). The van der Waals surface area contributed by atoms with E-state index >= 15 is 0 Å². The van der Waals surface area contributed by atoms with Gasteiger partial charge in [0.1, 0.15) is 5.82 Å². The van der Waals surface area contributed by atoms with Gasteiger partial charge in [-0.25, -0.2) is 4.98 Å². The zero-order valence-electron chi connectivity index (χ0n) is 12.5. The molecule has 0 aliphatic carbocycles. The van der Waals surface area contributed by atoms with E-state index in [0.717, 1.165) is 42.6 Å². The molecule has 6 heteroatoms. The van der Waals surface area contributed by atoms with Gasteiger partial charge in [0.05, 0.1) is 4.47 Å². The van der Waals surface area contributed by atoms with Crippen LogP contribution in [-0.4, -0.2) is 34.8 Å². The second-order valence-corrected chi connectivity index (χ2v) is 6.52. The lowest BCUT2D eigenvalue weighted by molar-refractivity contribution is 0.248. The molecule has 0 atom stereocenters. The van der Waals surface area contributed by atoms with Crippen molar-refractivity contribution in [3.05, 3.63) is 10.7 Å². The Morgan fingerprint density at radius 1 is 1.35 bits per heavy atom. The van der Waals surface area contributed by atoms with Crippen LogP contribution >= 0.6 is 15.9 Å². The minimum Gasteiger partial charge on any atom is -0.396 e. The Balaban J connectivity index is 2.61. The summed E-state index contributed by atoms with van der Waals surface area (Å²) in [7, 11) is 0. The third-order valence-electron chi connectivity index (χ3n) is 3.02. The van der Waals surface area contributed by atoms with Crippen molar-refractivity contribution in [2.75, 3.05) is 30.3 Å². The summed E-state index contributed by atoms with van der Waals surface area (Å²) >= 11 is 3.46. The first-order valence-corrected chi connectivity index (χ1v) is 7.89. The van der Waals surface area contributed by atoms with Crippen molar-refractivity contribution < 1.29 is 5.11 Å². The molecule has 0 aliphatic heterocycles. The summed E-state index contributed by atoms with van der Waals surface area (Å²) in [5.74, 6) is 1.45. The molecule has 0 saturated heterocycles. The average Bonchev–Trinajstić information content (AvgIpc) is 2.43. The molecule has 0 radical (unpaired) electrons. The fourth-order valence-electron chi connectivity index (χ4n) is 1.78. The highest BCUT2D eigenvalue weighted by atomic mass is 79.9. The number of hydrogen-bond acceptors (Lipinski definition) is 5. The molecule has 0 fully saturated rings. The Morgan fingerprint density at radius 3 is 2.75 bits per heavy atom. The van der Waals surface area contributed by atoms with Gasteiger partial charge in [-0.15, -0.1) is 0 Å². The highest BCUT2D eigenvalue weighted by Crippen LogP contribution is 2.25. The van der Waals surface area contributed by atoms with Crippen LogP contribution in [0.2, 0.25) is 0 Å². The maximum Gasteiger partial charge on any atom is 0.224 e. The third-order valence-corrected chi connectivity index (χ3v) is 3.60. The van der Waals surface area contributed by atoms with Crippen molar-refractivity contribution in [2.24, 2.45) is 5.41 Å². The number of aliphatic hydroxyl groups excluding tert-OH is 1. The molecule has 0 spiro atoms. The van der Waals surface area contributed by atoms with E-state index < -0.39 is 0 Å². The van der Waals surface area contributed by atoms with Crippen LogP contribution < -0.4 is 10.6 Å². The number of nitrogens with zero attached hydrogens (tertiary/aromatic N) is 2. The van der Waals surface area contributed by atoms with E-state index in [9.17, 15) is 0 Å². The number of aromatic nitrogens is 2. The van der Waals surface area contributed by atoms with E-state index in [1.807, 2.05) is 0 Å². The first-order chi connectivity index (χ1) is 9.48. The lowest BCUT2D eigenvalue weighted by Gasteiger charge is -2.25. The number of rotatable bonds is 9. The molecule has 1 aromatic rings. The fourth-order valence-corrected chi connectivity index (χ4v) is 2.11. The summed E-state index contributed by atoms with van der Waals surface area (Å²) in [6.07, 6.45) is 4.59. The predicted molar refractivity (Wildman–Crippen MR) is 87.1 cm³/mol. The summed E-state index contributed by atoms with van der Waals surface area (Å²) in [4.78, 5) is 8.69. The van der Waals surface area contributed by atoms with Gasteiger partial charge in [0.15, 0.2) is 0 Å². The van der Waals surface area contributed by atoms with E-state index in [2.05, 4.69) is 57.3 Å². The lowest BCUT2D eigenvalue weighted by atomic mass is 9.88. The molecule has 0 bridgehead atoms. The second kappa shape index (κ2) is 8.42. The molecule has 114 valence electrons. The van der Waals surface area contributed by atoms with Crippen LogP contribution in [0.3, 0.4) is 0 Å². The summed E-state index contributed by atoms with van der Waals surface area (Å²) in [5, 5.41) is 15.5. The lowest BCUT2D eigenvalue weighted by Crippen LogP contribution is -2.24. The Bertz CT molecular complexity index is 412. The number of anilines is 2. The molecule has 0 aromatic carbocycles. The molecule has 0 amide bonds. The molecule has 0 saturated carbocycles. The van der Waals surface area contributed by atoms with E-state index in [1.54, 1.807) is 6.20 Å². The van der Waals surface area contributed by atoms with Crippen LogP contribution in [0.4, 0.5) is 11.8 Å². The maximum atomic E-state index is 8.92. The smallest absolute Gasteiger partial charge is 0.224 e. The van der Waals surface area contributed by atoms with Crippen molar-refractivity contribution in [1.82, 2.24) is 9.97 Å². The highest BCUT2D eigenvalue weighted by molar-refractivity contribution is 9.10. The van der Waals surface area contributed by atoms with Crippen molar-refractivity contribution in [3.63, 3.8) is 0 Å². The summed E-state index contributed by atoms with van der Waals surface area (Å²) < 4.78 is 0.859. The quantitative estimate of drug-likeness (QED) is 0.641. The number of hydrogen-bond donors (Lipinski definition) is 3. The van der Waals surface area contributed by atoms with Gasteiger partial charge in [-0.3, -0.25) is 0 Å². The van der Waals surface area contributed by atoms with Gasteiger partial charge in [-0.2, -0.15) is 4.98 Å². The van der Waals surface area contributed by atoms with Gasteiger partial charge in [0, 0.05) is 25.9 Å². The predicted octanol–water partition coefficient (Wildman–Crippen LogP) is 3.27. The van der Waals surface area contributed by atoms with E-state index in [4.69, 9.17) is 5.11 Å². The Hall–Kier alpha value is -0.880. The molecule has 3 N–H and O–H groups in total. The largest absolute Gasteiger partial charge is 0.396 e. The average molecular weight is 345 g/mol. The minimum absolute atomic E-state index is 0.115. The first-order valence-electron chi connectivity index (χ1n) is 7.09. The molecule has 1 heterocycles. The molecule has 0 unspecified atom stereocenters.